The van der Waals surface area contributed by atoms with E-state index in [1.807, 2.05) is 0 Å². The summed E-state index contributed by atoms with van der Waals surface area (Å²) in [5.74, 6) is 1.82. The highest BCUT2D eigenvalue weighted by Crippen LogP contribution is 2.42. The fourth-order valence-corrected chi connectivity index (χ4v) is 2.79. The minimum absolute atomic E-state index is 0.462. The second-order valence-corrected chi connectivity index (χ2v) is 5.54. The number of rotatable bonds is 3. The Labute approximate surface area is 83.4 Å². The third-order valence-electron chi connectivity index (χ3n) is 3.50. The molecule has 0 amide bonds. The van der Waals surface area contributed by atoms with Gasteiger partial charge in [0.25, 0.3) is 0 Å². The van der Waals surface area contributed by atoms with E-state index in [2.05, 4.69) is 33.4 Å². The van der Waals surface area contributed by atoms with Crippen LogP contribution in [0, 0.1) is 17.3 Å². The molecule has 0 heterocycles. The van der Waals surface area contributed by atoms with Crippen molar-refractivity contribution in [2.45, 2.75) is 52.9 Å². The lowest BCUT2D eigenvalue weighted by Gasteiger charge is -2.34. The van der Waals surface area contributed by atoms with Crippen LogP contribution in [0.2, 0.25) is 0 Å². The highest BCUT2D eigenvalue weighted by atomic mass is 14.4. The van der Waals surface area contributed by atoms with E-state index in [1.165, 1.54) is 32.1 Å². The van der Waals surface area contributed by atoms with Crippen molar-refractivity contribution in [3.8, 4) is 0 Å². The highest BCUT2D eigenvalue weighted by Gasteiger charge is 2.32. The van der Waals surface area contributed by atoms with Crippen LogP contribution < -0.4 is 0 Å². The minimum Gasteiger partial charge on any atom is -0.103 e. The molecule has 13 heavy (non-hydrogen) atoms. The lowest BCUT2D eigenvalue weighted by Crippen LogP contribution is -2.26. The van der Waals surface area contributed by atoms with Crippen LogP contribution in [0.5, 0.6) is 0 Å². The second kappa shape index (κ2) is 4.30. The maximum absolute atomic E-state index is 3.89. The van der Waals surface area contributed by atoms with Gasteiger partial charge in [-0.05, 0) is 23.7 Å². The van der Waals surface area contributed by atoms with Crippen LogP contribution in [0.15, 0.2) is 12.7 Å². The van der Waals surface area contributed by atoms with Crippen LogP contribution in [0.3, 0.4) is 0 Å². The van der Waals surface area contributed by atoms with E-state index in [0.29, 0.717) is 5.41 Å². The molecule has 76 valence electrons. The molecule has 1 saturated carbocycles. The predicted octanol–water partition coefficient (Wildman–Crippen LogP) is 4.42. The van der Waals surface area contributed by atoms with Gasteiger partial charge in [-0.2, -0.15) is 0 Å². The average Bonchev–Trinajstić information content (AvgIpc) is 2.49. The van der Waals surface area contributed by atoms with Crippen molar-refractivity contribution in [2.24, 2.45) is 17.3 Å². The molecule has 0 aromatic carbocycles. The molecule has 1 rings (SSSR count). The van der Waals surface area contributed by atoms with Crippen molar-refractivity contribution in [1.29, 1.82) is 0 Å². The molecule has 1 atom stereocenters. The maximum Gasteiger partial charge on any atom is -0.0302 e. The normalized spacial score (nSPS) is 21.8. The van der Waals surface area contributed by atoms with Crippen LogP contribution in [-0.2, 0) is 0 Å². The van der Waals surface area contributed by atoms with E-state index in [1.54, 1.807) is 0 Å². The zero-order valence-electron chi connectivity index (χ0n) is 9.47. The third kappa shape index (κ3) is 2.86. The second-order valence-electron chi connectivity index (χ2n) is 5.54. The Morgan fingerprint density at radius 1 is 1.31 bits per heavy atom. The summed E-state index contributed by atoms with van der Waals surface area (Å²) in [5.41, 5.74) is 0.462. The van der Waals surface area contributed by atoms with E-state index >= 15 is 0 Å². The van der Waals surface area contributed by atoms with Gasteiger partial charge in [0.1, 0.15) is 0 Å². The Bertz CT molecular complexity index is 155. The number of allylic oxidation sites excluding steroid dienone is 1. The summed E-state index contributed by atoms with van der Waals surface area (Å²) < 4.78 is 0. The van der Waals surface area contributed by atoms with Gasteiger partial charge in [-0.15, -0.1) is 6.58 Å². The molecule has 0 bridgehead atoms. The summed E-state index contributed by atoms with van der Waals surface area (Å²) in [6.45, 7) is 11.0. The monoisotopic (exact) mass is 180 g/mol. The van der Waals surface area contributed by atoms with Crippen molar-refractivity contribution in [1.82, 2.24) is 0 Å². The maximum atomic E-state index is 3.89. The van der Waals surface area contributed by atoms with Gasteiger partial charge in [0, 0.05) is 0 Å². The fourth-order valence-electron chi connectivity index (χ4n) is 2.79. The largest absolute Gasteiger partial charge is 0.103 e. The van der Waals surface area contributed by atoms with Crippen LogP contribution in [0.25, 0.3) is 0 Å². The van der Waals surface area contributed by atoms with Gasteiger partial charge in [0.15, 0.2) is 0 Å². The summed E-state index contributed by atoms with van der Waals surface area (Å²) in [4.78, 5) is 0. The van der Waals surface area contributed by atoms with Gasteiger partial charge < -0.3 is 0 Å². The van der Waals surface area contributed by atoms with E-state index in [0.717, 1.165) is 11.8 Å². The van der Waals surface area contributed by atoms with Crippen molar-refractivity contribution in [3.05, 3.63) is 12.7 Å². The van der Waals surface area contributed by atoms with Crippen molar-refractivity contribution in [3.63, 3.8) is 0 Å². The molecule has 1 aliphatic carbocycles. The summed E-state index contributed by atoms with van der Waals surface area (Å²) in [7, 11) is 0. The molecule has 0 aromatic rings. The Morgan fingerprint density at radius 3 is 2.23 bits per heavy atom. The van der Waals surface area contributed by atoms with Gasteiger partial charge in [0.2, 0.25) is 0 Å². The van der Waals surface area contributed by atoms with Crippen molar-refractivity contribution in [2.75, 3.05) is 0 Å². The molecule has 1 aliphatic rings. The molecule has 0 radical (unpaired) electrons. The number of hydrogen-bond acceptors (Lipinski definition) is 0. The summed E-state index contributed by atoms with van der Waals surface area (Å²) in [6, 6.07) is 0. The summed E-state index contributed by atoms with van der Waals surface area (Å²) in [5, 5.41) is 0. The topological polar surface area (TPSA) is 0 Å². The van der Waals surface area contributed by atoms with E-state index in [9.17, 15) is 0 Å². The van der Waals surface area contributed by atoms with Gasteiger partial charge in [-0.25, -0.2) is 0 Å². The first kappa shape index (κ1) is 10.8. The highest BCUT2D eigenvalue weighted by molar-refractivity contribution is 4.87. The van der Waals surface area contributed by atoms with E-state index in [4.69, 9.17) is 0 Å². The molecule has 1 fully saturated rings. The molecule has 0 aromatic heterocycles. The standard InChI is InChI=1S/C13H24/c1-5-8-12(13(2,3)4)11-9-6-7-10-11/h5,11-12H,1,6-10H2,2-4H3. The minimum atomic E-state index is 0.462. The van der Waals surface area contributed by atoms with E-state index < -0.39 is 0 Å². The molecule has 0 N–H and O–H groups in total. The quantitative estimate of drug-likeness (QED) is 0.564. The molecular weight excluding hydrogens is 156 g/mol. The molecule has 0 spiro atoms. The van der Waals surface area contributed by atoms with E-state index in [-0.39, 0.29) is 0 Å². The fraction of sp³-hybridized carbons (Fsp3) is 0.846. The molecule has 1 unspecified atom stereocenters. The third-order valence-corrected chi connectivity index (χ3v) is 3.50. The zero-order valence-corrected chi connectivity index (χ0v) is 9.47. The molecular formula is C13H24. The Morgan fingerprint density at radius 2 is 1.85 bits per heavy atom. The molecule has 0 saturated heterocycles. The Hall–Kier alpha value is -0.260. The predicted molar refractivity (Wildman–Crippen MR) is 59.7 cm³/mol. The van der Waals surface area contributed by atoms with Gasteiger partial charge in [-0.3, -0.25) is 0 Å². The lowest BCUT2D eigenvalue weighted by molar-refractivity contribution is 0.162. The summed E-state index contributed by atoms with van der Waals surface area (Å²) >= 11 is 0. The first-order chi connectivity index (χ1) is 6.05. The average molecular weight is 180 g/mol. The smallest absolute Gasteiger partial charge is 0.0302 e. The number of hydrogen-bond donors (Lipinski definition) is 0. The molecule has 0 heteroatoms. The van der Waals surface area contributed by atoms with Crippen LogP contribution in [-0.4, -0.2) is 0 Å². The first-order valence-electron chi connectivity index (χ1n) is 5.66. The summed E-state index contributed by atoms with van der Waals surface area (Å²) in [6.07, 6.45) is 9.12. The van der Waals surface area contributed by atoms with Gasteiger partial charge in [0.05, 0.1) is 0 Å². The van der Waals surface area contributed by atoms with Crippen LogP contribution in [0.1, 0.15) is 52.9 Å². The Kier molecular flexibility index (Phi) is 3.58. The Balaban J connectivity index is 2.60. The van der Waals surface area contributed by atoms with Crippen molar-refractivity contribution >= 4 is 0 Å². The molecule has 0 aliphatic heterocycles. The van der Waals surface area contributed by atoms with Crippen LogP contribution in [0.4, 0.5) is 0 Å². The van der Waals surface area contributed by atoms with Crippen LogP contribution >= 0.6 is 0 Å². The lowest BCUT2D eigenvalue weighted by atomic mass is 9.71. The van der Waals surface area contributed by atoms with Gasteiger partial charge >= 0.3 is 0 Å². The zero-order chi connectivity index (χ0) is 9.90. The SMILES string of the molecule is C=CCC(C1CCCC1)C(C)(C)C. The first-order valence-corrected chi connectivity index (χ1v) is 5.66. The molecule has 0 nitrogen and oxygen atoms in total. The van der Waals surface area contributed by atoms with Gasteiger partial charge in [-0.1, -0.05) is 52.5 Å². The van der Waals surface area contributed by atoms with Crippen molar-refractivity contribution < 1.29 is 0 Å².